The summed E-state index contributed by atoms with van der Waals surface area (Å²) in [5.41, 5.74) is 5.92. The Morgan fingerprint density at radius 3 is 2.64 bits per heavy atom. The molecule has 4 aliphatic rings. The van der Waals surface area contributed by atoms with Crippen LogP contribution >= 0.6 is 0 Å². The molecule has 0 radical (unpaired) electrons. The molecule has 1 aromatic carbocycles. The molecule has 118 valence electrons. The van der Waals surface area contributed by atoms with Crippen LogP contribution in [0.2, 0.25) is 0 Å². The van der Waals surface area contributed by atoms with Gasteiger partial charge >= 0.3 is 7.12 Å². The molecule has 3 saturated carbocycles. The minimum atomic E-state index is -0.162. The van der Waals surface area contributed by atoms with Gasteiger partial charge in [-0.15, -0.1) is 0 Å². The molecule has 3 N–H and O–H groups in total. The van der Waals surface area contributed by atoms with E-state index in [2.05, 4.69) is 56.8 Å². The molecule has 0 unspecified atom stereocenters. The molecule has 22 heavy (non-hydrogen) atoms. The smallest absolute Gasteiger partial charge is 0.401 e. The average molecular weight is 300 g/mol. The van der Waals surface area contributed by atoms with Gasteiger partial charge in [-0.25, -0.2) is 0 Å². The molecule has 2 bridgehead atoms. The lowest BCUT2D eigenvalue weighted by atomic mass is 9.43. The van der Waals surface area contributed by atoms with Crippen molar-refractivity contribution in [2.75, 3.05) is 0 Å². The fourth-order valence-electron chi connectivity index (χ4n) is 5.11. The van der Waals surface area contributed by atoms with Gasteiger partial charge in [0, 0.05) is 6.42 Å². The lowest BCUT2D eigenvalue weighted by molar-refractivity contribution is -0.397. The van der Waals surface area contributed by atoms with E-state index in [1.54, 1.807) is 0 Å². The molecule has 0 spiro atoms. The van der Waals surface area contributed by atoms with E-state index in [4.69, 9.17) is 9.31 Å². The fourth-order valence-corrected chi connectivity index (χ4v) is 5.11. The van der Waals surface area contributed by atoms with Crippen LogP contribution in [-0.2, 0) is 15.7 Å². The fraction of sp³-hybridized carbons (Fsp3) is 0.667. The lowest BCUT2D eigenvalue weighted by Crippen LogP contribution is -2.70. The summed E-state index contributed by atoms with van der Waals surface area (Å²) >= 11 is 0. The van der Waals surface area contributed by atoms with Crippen LogP contribution in [0.5, 0.6) is 0 Å². The van der Waals surface area contributed by atoms with Crippen LogP contribution in [-0.4, -0.2) is 24.8 Å². The molecule has 3 aliphatic carbocycles. The average Bonchev–Trinajstić information content (AvgIpc) is 2.85. The van der Waals surface area contributed by atoms with Crippen molar-refractivity contribution in [2.45, 2.75) is 57.7 Å². The molecule has 3 nitrogen and oxygen atoms in total. The zero-order valence-corrected chi connectivity index (χ0v) is 13.9. The molecule has 1 aromatic rings. The van der Waals surface area contributed by atoms with Crippen LogP contribution in [0, 0.1) is 17.3 Å². The van der Waals surface area contributed by atoms with Crippen molar-refractivity contribution < 1.29 is 15.0 Å². The first-order chi connectivity index (χ1) is 10.4. The Morgan fingerprint density at radius 2 is 1.95 bits per heavy atom. The number of rotatable bonds is 3. The van der Waals surface area contributed by atoms with Gasteiger partial charge in [0.25, 0.3) is 0 Å². The second-order valence-electron chi connectivity index (χ2n) is 8.29. The maximum absolute atomic E-state index is 6.49. The summed E-state index contributed by atoms with van der Waals surface area (Å²) < 4.78 is 12.8. The zero-order chi connectivity index (χ0) is 15.5. The standard InChI is InChI=1S/C18H26BNO2/c1-17(2)13-10-14(17)18(3)15(11-13)21-19(22-18)16(20)9-12-7-5-4-6-8-12/h4-8,13-16H,9-11,20H2,1-3H3/p+1/t13-,14-,15+,16-,18-/m0/s1. The van der Waals surface area contributed by atoms with E-state index in [9.17, 15) is 0 Å². The third-order valence-electron chi connectivity index (χ3n) is 6.69. The maximum Gasteiger partial charge on any atom is 0.521 e. The van der Waals surface area contributed by atoms with Crippen LogP contribution in [0.15, 0.2) is 30.3 Å². The summed E-state index contributed by atoms with van der Waals surface area (Å²) in [6, 6.07) is 10.5. The second-order valence-corrected chi connectivity index (χ2v) is 8.29. The molecule has 4 fully saturated rings. The third kappa shape index (κ3) is 2.00. The second kappa shape index (κ2) is 4.83. The summed E-state index contributed by atoms with van der Waals surface area (Å²) in [4.78, 5) is 0. The van der Waals surface area contributed by atoms with Gasteiger partial charge in [0.05, 0.1) is 11.7 Å². The van der Waals surface area contributed by atoms with Crippen molar-refractivity contribution in [3.8, 4) is 0 Å². The van der Waals surface area contributed by atoms with Crippen molar-refractivity contribution in [2.24, 2.45) is 17.3 Å². The highest BCUT2D eigenvalue weighted by Crippen LogP contribution is 2.65. The van der Waals surface area contributed by atoms with Crippen LogP contribution in [0.25, 0.3) is 0 Å². The van der Waals surface area contributed by atoms with Gasteiger partial charge in [0.15, 0.2) is 0 Å². The van der Waals surface area contributed by atoms with Gasteiger partial charge in [-0.05, 0) is 42.6 Å². The van der Waals surface area contributed by atoms with Crippen molar-refractivity contribution >= 4 is 7.12 Å². The van der Waals surface area contributed by atoms with E-state index in [1.807, 2.05) is 0 Å². The molecule has 5 rings (SSSR count). The molecule has 1 aliphatic heterocycles. The van der Waals surface area contributed by atoms with E-state index < -0.39 is 0 Å². The Morgan fingerprint density at radius 1 is 1.23 bits per heavy atom. The number of benzene rings is 1. The molecule has 4 heteroatoms. The summed E-state index contributed by atoms with van der Waals surface area (Å²) in [7, 11) is -0.162. The zero-order valence-electron chi connectivity index (χ0n) is 13.9. The van der Waals surface area contributed by atoms with E-state index in [-0.39, 0.29) is 24.8 Å². The summed E-state index contributed by atoms with van der Waals surface area (Å²) in [5.74, 6) is 1.57. The highest BCUT2D eigenvalue weighted by Gasteiger charge is 2.68. The van der Waals surface area contributed by atoms with Crippen molar-refractivity contribution in [3.63, 3.8) is 0 Å². The Balaban J connectivity index is 1.48. The van der Waals surface area contributed by atoms with E-state index in [0.717, 1.165) is 18.8 Å². The van der Waals surface area contributed by atoms with Crippen molar-refractivity contribution in [3.05, 3.63) is 35.9 Å². The number of quaternary nitrogens is 1. The topological polar surface area (TPSA) is 46.1 Å². The largest absolute Gasteiger partial charge is 0.521 e. The third-order valence-corrected chi connectivity index (χ3v) is 6.69. The molecule has 0 amide bonds. The van der Waals surface area contributed by atoms with Gasteiger partial charge in [-0.3, -0.25) is 0 Å². The number of hydrogen-bond acceptors (Lipinski definition) is 2. The van der Waals surface area contributed by atoms with Crippen LogP contribution in [0.3, 0.4) is 0 Å². The maximum atomic E-state index is 6.49. The van der Waals surface area contributed by atoms with Gasteiger partial charge in [-0.1, -0.05) is 44.2 Å². The summed E-state index contributed by atoms with van der Waals surface area (Å²) in [5, 5.41) is 0. The normalized spacial score (nSPS) is 40.0. The van der Waals surface area contributed by atoms with Gasteiger partial charge in [0.2, 0.25) is 0 Å². The molecule has 5 atom stereocenters. The van der Waals surface area contributed by atoms with E-state index in [0.29, 0.717) is 11.3 Å². The highest BCUT2D eigenvalue weighted by atomic mass is 16.7. The predicted octanol–water partition coefficient (Wildman–Crippen LogP) is 2.11. The first-order valence-corrected chi connectivity index (χ1v) is 8.61. The minimum Gasteiger partial charge on any atom is -0.401 e. The number of hydrogen-bond donors (Lipinski definition) is 1. The van der Waals surface area contributed by atoms with E-state index in [1.165, 1.54) is 12.0 Å². The van der Waals surface area contributed by atoms with Gasteiger partial charge in [-0.2, -0.15) is 0 Å². The Bertz CT molecular complexity index is 563. The molecular weight excluding hydrogens is 273 g/mol. The summed E-state index contributed by atoms with van der Waals surface area (Å²) in [6.07, 6.45) is 3.62. The Labute approximate surface area is 133 Å². The van der Waals surface area contributed by atoms with Gasteiger partial charge < -0.3 is 15.0 Å². The molecule has 1 heterocycles. The van der Waals surface area contributed by atoms with Crippen LogP contribution < -0.4 is 5.73 Å². The van der Waals surface area contributed by atoms with Gasteiger partial charge in [0.1, 0.15) is 5.94 Å². The first-order valence-electron chi connectivity index (χ1n) is 8.61. The summed E-state index contributed by atoms with van der Waals surface area (Å²) in [6.45, 7) is 7.07. The molecular formula is C18H27BNO2+. The van der Waals surface area contributed by atoms with Crippen LogP contribution in [0.4, 0.5) is 0 Å². The van der Waals surface area contributed by atoms with Crippen molar-refractivity contribution in [1.82, 2.24) is 0 Å². The van der Waals surface area contributed by atoms with Crippen LogP contribution in [0.1, 0.15) is 39.2 Å². The lowest BCUT2D eigenvalue weighted by Gasteiger charge is -2.64. The Hall–Kier alpha value is -0.835. The quantitative estimate of drug-likeness (QED) is 0.869. The Kier molecular flexibility index (Phi) is 3.23. The minimum absolute atomic E-state index is 0.116. The molecule has 0 aromatic heterocycles. The SMILES string of the molecule is CC1(C)[C@@H]2C[C@H]3OB([C@@H]([NH3+])Cc4ccccc4)O[C@@]3(C)[C@H]1C2. The highest BCUT2D eigenvalue weighted by molar-refractivity contribution is 6.46. The molecule has 1 saturated heterocycles. The van der Waals surface area contributed by atoms with Crippen molar-refractivity contribution in [1.29, 1.82) is 0 Å². The first kappa shape index (κ1) is 14.7. The van der Waals surface area contributed by atoms with E-state index >= 15 is 0 Å². The predicted molar refractivity (Wildman–Crippen MR) is 86.9 cm³/mol. The monoisotopic (exact) mass is 300 g/mol.